The van der Waals surface area contributed by atoms with Crippen LogP contribution in [0.3, 0.4) is 0 Å². The van der Waals surface area contributed by atoms with Gasteiger partial charge in [-0.05, 0) is 25.6 Å². The Morgan fingerprint density at radius 2 is 2.13 bits per heavy atom. The fourth-order valence-corrected chi connectivity index (χ4v) is 1.86. The molecule has 0 saturated heterocycles. The third kappa shape index (κ3) is 3.82. The number of ether oxygens (including phenoxy) is 1. The standard InChI is InChI=1S/C12H18ClNO/c1-3-15-9-10(8-14-2)11-6-4-5-7-12(11)13/h4-7,10,14H,3,8-9H2,1-2H3. The van der Waals surface area contributed by atoms with Crippen molar-refractivity contribution in [2.75, 3.05) is 26.8 Å². The largest absolute Gasteiger partial charge is 0.381 e. The van der Waals surface area contributed by atoms with Gasteiger partial charge in [0.15, 0.2) is 0 Å². The number of hydrogen-bond donors (Lipinski definition) is 1. The lowest BCUT2D eigenvalue weighted by molar-refractivity contribution is 0.132. The fraction of sp³-hybridized carbons (Fsp3) is 0.500. The van der Waals surface area contributed by atoms with Crippen molar-refractivity contribution in [3.05, 3.63) is 34.9 Å². The third-order valence-electron chi connectivity index (χ3n) is 2.32. The lowest BCUT2D eigenvalue weighted by atomic mass is 10.00. The van der Waals surface area contributed by atoms with E-state index in [1.54, 1.807) is 0 Å². The van der Waals surface area contributed by atoms with Gasteiger partial charge in [0.05, 0.1) is 6.61 Å². The van der Waals surface area contributed by atoms with Gasteiger partial charge in [0.25, 0.3) is 0 Å². The summed E-state index contributed by atoms with van der Waals surface area (Å²) in [6, 6.07) is 7.94. The SMILES string of the molecule is CCOCC(CNC)c1ccccc1Cl. The number of benzene rings is 1. The van der Waals surface area contributed by atoms with Gasteiger partial charge in [-0.15, -0.1) is 0 Å². The van der Waals surface area contributed by atoms with Crippen molar-refractivity contribution < 1.29 is 4.74 Å². The van der Waals surface area contributed by atoms with Crippen LogP contribution in [-0.4, -0.2) is 26.8 Å². The van der Waals surface area contributed by atoms with Crippen LogP contribution in [0.1, 0.15) is 18.4 Å². The second kappa shape index (κ2) is 6.83. The molecule has 0 spiro atoms. The smallest absolute Gasteiger partial charge is 0.0547 e. The maximum absolute atomic E-state index is 6.15. The van der Waals surface area contributed by atoms with Gasteiger partial charge >= 0.3 is 0 Å². The van der Waals surface area contributed by atoms with Gasteiger partial charge < -0.3 is 10.1 Å². The molecule has 0 aliphatic heterocycles. The van der Waals surface area contributed by atoms with Crippen molar-refractivity contribution in [3.8, 4) is 0 Å². The minimum Gasteiger partial charge on any atom is -0.381 e. The number of nitrogens with one attached hydrogen (secondary N) is 1. The van der Waals surface area contributed by atoms with Crippen molar-refractivity contribution in [2.45, 2.75) is 12.8 Å². The zero-order valence-electron chi connectivity index (χ0n) is 9.29. The average molecular weight is 228 g/mol. The first-order valence-electron chi connectivity index (χ1n) is 5.26. The normalized spacial score (nSPS) is 12.7. The van der Waals surface area contributed by atoms with Crippen LogP contribution >= 0.6 is 11.6 Å². The highest BCUT2D eigenvalue weighted by Crippen LogP contribution is 2.24. The van der Waals surface area contributed by atoms with Crippen LogP contribution in [0.25, 0.3) is 0 Å². The first-order chi connectivity index (χ1) is 7.29. The van der Waals surface area contributed by atoms with E-state index in [0.717, 1.165) is 23.7 Å². The topological polar surface area (TPSA) is 21.3 Å². The monoisotopic (exact) mass is 227 g/mol. The molecule has 1 unspecified atom stereocenters. The maximum Gasteiger partial charge on any atom is 0.0547 e. The Kier molecular flexibility index (Phi) is 5.69. The van der Waals surface area contributed by atoms with E-state index < -0.39 is 0 Å². The van der Waals surface area contributed by atoms with E-state index in [0.29, 0.717) is 12.5 Å². The molecular formula is C12H18ClNO. The summed E-state index contributed by atoms with van der Waals surface area (Å²) in [6.45, 7) is 4.33. The van der Waals surface area contributed by atoms with Crippen LogP contribution < -0.4 is 5.32 Å². The van der Waals surface area contributed by atoms with E-state index >= 15 is 0 Å². The number of rotatable bonds is 6. The van der Waals surface area contributed by atoms with Crippen LogP contribution in [0.15, 0.2) is 24.3 Å². The molecule has 3 heteroatoms. The second-order valence-electron chi connectivity index (χ2n) is 3.44. The highest BCUT2D eigenvalue weighted by Gasteiger charge is 2.13. The Bertz CT molecular complexity index is 291. The summed E-state index contributed by atoms with van der Waals surface area (Å²) >= 11 is 6.15. The number of likely N-dealkylation sites (N-methyl/N-ethyl adjacent to an activating group) is 1. The summed E-state index contributed by atoms with van der Waals surface area (Å²) in [5.74, 6) is 0.323. The molecule has 0 saturated carbocycles. The first-order valence-corrected chi connectivity index (χ1v) is 5.64. The van der Waals surface area contributed by atoms with E-state index in [2.05, 4.69) is 11.4 Å². The molecule has 1 aromatic carbocycles. The maximum atomic E-state index is 6.15. The Morgan fingerprint density at radius 1 is 1.40 bits per heavy atom. The van der Waals surface area contributed by atoms with Crippen molar-refractivity contribution in [3.63, 3.8) is 0 Å². The summed E-state index contributed by atoms with van der Waals surface area (Å²) in [7, 11) is 1.94. The van der Waals surface area contributed by atoms with Gasteiger partial charge in [0.2, 0.25) is 0 Å². The van der Waals surface area contributed by atoms with E-state index in [4.69, 9.17) is 16.3 Å². The van der Waals surface area contributed by atoms with Gasteiger partial charge in [0, 0.05) is 24.1 Å². The summed E-state index contributed by atoms with van der Waals surface area (Å²) in [5, 5.41) is 3.98. The molecule has 15 heavy (non-hydrogen) atoms. The highest BCUT2D eigenvalue weighted by molar-refractivity contribution is 6.31. The van der Waals surface area contributed by atoms with Crippen LogP contribution in [0, 0.1) is 0 Å². The number of halogens is 1. The molecule has 0 aromatic heterocycles. The Labute approximate surface area is 96.6 Å². The molecule has 84 valence electrons. The summed E-state index contributed by atoms with van der Waals surface area (Å²) in [4.78, 5) is 0. The molecule has 0 heterocycles. The van der Waals surface area contributed by atoms with Gasteiger partial charge in [-0.25, -0.2) is 0 Å². The lowest BCUT2D eigenvalue weighted by Crippen LogP contribution is -2.21. The molecule has 2 nitrogen and oxygen atoms in total. The van der Waals surface area contributed by atoms with Gasteiger partial charge in [-0.3, -0.25) is 0 Å². The van der Waals surface area contributed by atoms with Crippen molar-refractivity contribution in [1.82, 2.24) is 5.32 Å². The molecular weight excluding hydrogens is 210 g/mol. The van der Waals surface area contributed by atoms with Crippen LogP contribution in [0.5, 0.6) is 0 Å². The molecule has 1 rings (SSSR count). The highest BCUT2D eigenvalue weighted by atomic mass is 35.5. The summed E-state index contributed by atoms with van der Waals surface area (Å²) < 4.78 is 5.46. The van der Waals surface area contributed by atoms with E-state index in [-0.39, 0.29) is 0 Å². The average Bonchev–Trinajstić information content (AvgIpc) is 2.25. The minimum atomic E-state index is 0.323. The van der Waals surface area contributed by atoms with Crippen LogP contribution in [0.4, 0.5) is 0 Å². The van der Waals surface area contributed by atoms with Crippen molar-refractivity contribution in [1.29, 1.82) is 0 Å². The zero-order valence-corrected chi connectivity index (χ0v) is 10.1. The van der Waals surface area contributed by atoms with E-state index in [1.807, 2.05) is 32.2 Å². The van der Waals surface area contributed by atoms with Crippen molar-refractivity contribution >= 4 is 11.6 Å². The second-order valence-corrected chi connectivity index (χ2v) is 3.84. The van der Waals surface area contributed by atoms with Crippen molar-refractivity contribution in [2.24, 2.45) is 0 Å². The molecule has 0 aliphatic carbocycles. The Hall–Kier alpha value is -0.570. The van der Waals surface area contributed by atoms with Gasteiger partial charge in [0.1, 0.15) is 0 Å². The van der Waals surface area contributed by atoms with Gasteiger partial charge in [-0.1, -0.05) is 29.8 Å². The predicted molar refractivity (Wildman–Crippen MR) is 64.6 cm³/mol. The predicted octanol–water partition coefficient (Wildman–Crippen LogP) is 2.68. The molecule has 1 N–H and O–H groups in total. The Balaban J connectivity index is 2.74. The fourth-order valence-electron chi connectivity index (χ4n) is 1.57. The Morgan fingerprint density at radius 3 is 2.73 bits per heavy atom. The van der Waals surface area contributed by atoms with E-state index in [9.17, 15) is 0 Å². The lowest BCUT2D eigenvalue weighted by Gasteiger charge is -2.17. The van der Waals surface area contributed by atoms with E-state index in [1.165, 1.54) is 0 Å². The van der Waals surface area contributed by atoms with Crippen LogP contribution in [0.2, 0.25) is 5.02 Å². The zero-order chi connectivity index (χ0) is 11.1. The number of hydrogen-bond acceptors (Lipinski definition) is 2. The molecule has 0 amide bonds. The summed E-state index contributed by atoms with van der Waals surface area (Å²) in [6.07, 6.45) is 0. The third-order valence-corrected chi connectivity index (χ3v) is 2.66. The minimum absolute atomic E-state index is 0.323. The quantitative estimate of drug-likeness (QED) is 0.807. The molecule has 1 atom stereocenters. The first kappa shape index (κ1) is 12.5. The molecule has 0 radical (unpaired) electrons. The summed E-state index contributed by atoms with van der Waals surface area (Å²) in [5.41, 5.74) is 1.15. The molecule has 1 aromatic rings. The molecule has 0 aliphatic rings. The van der Waals surface area contributed by atoms with Crippen LogP contribution in [-0.2, 0) is 4.74 Å². The molecule has 0 fully saturated rings. The van der Waals surface area contributed by atoms with Gasteiger partial charge in [-0.2, -0.15) is 0 Å². The molecule has 0 bridgehead atoms.